The Hall–Kier alpha value is -0.254. The fraction of sp³-hybridized carbons (Fsp3) is 0. The molecule has 0 N–H and O–H groups in total. The number of carbonyl (C=O) groups is 1. The predicted molar refractivity (Wildman–Crippen MR) is 55.2 cm³/mol. The van der Waals surface area contributed by atoms with E-state index in [-0.39, 0.29) is 57.2 Å². The standard InChI is InChI=1S/C13H9O.K/c14-13(11-7-3-1-4-8-11)12-9-5-2-6-10-12;/h1-9H;/q-1;+1. The van der Waals surface area contributed by atoms with Crippen LogP contribution in [0.3, 0.4) is 0 Å². The van der Waals surface area contributed by atoms with Crippen molar-refractivity contribution in [2.45, 2.75) is 0 Å². The van der Waals surface area contributed by atoms with Crippen molar-refractivity contribution < 1.29 is 56.2 Å². The number of benzene rings is 2. The van der Waals surface area contributed by atoms with Crippen LogP contribution in [0.25, 0.3) is 0 Å². The van der Waals surface area contributed by atoms with Gasteiger partial charge in [-0.05, 0) is 5.56 Å². The van der Waals surface area contributed by atoms with E-state index >= 15 is 0 Å². The second kappa shape index (κ2) is 6.36. The fourth-order valence-corrected chi connectivity index (χ4v) is 1.28. The summed E-state index contributed by atoms with van der Waals surface area (Å²) in [6.07, 6.45) is 0. The molecule has 0 aliphatic heterocycles. The predicted octanol–water partition coefficient (Wildman–Crippen LogP) is -0.278. The molecule has 0 aliphatic carbocycles. The molecule has 0 amide bonds. The van der Waals surface area contributed by atoms with Crippen LogP contribution in [0, 0.1) is 6.07 Å². The second-order valence-corrected chi connectivity index (χ2v) is 2.97. The molecule has 68 valence electrons. The summed E-state index contributed by atoms with van der Waals surface area (Å²) in [6, 6.07) is 19.4. The first kappa shape index (κ1) is 12.8. The number of ketones is 1. The Kier molecular flexibility index (Phi) is 5.43. The maximum absolute atomic E-state index is 11.8. The van der Waals surface area contributed by atoms with E-state index < -0.39 is 0 Å². The molecule has 0 fully saturated rings. The van der Waals surface area contributed by atoms with Gasteiger partial charge in [0.25, 0.3) is 0 Å². The molecule has 0 aliphatic rings. The summed E-state index contributed by atoms with van der Waals surface area (Å²) in [7, 11) is 0. The van der Waals surface area contributed by atoms with Gasteiger partial charge >= 0.3 is 51.4 Å². The molecular formula is C13H9KO. The second-order valence-electron chi connectivity index (χ2n) is 2.97. The van der Waals surface area contributed by atoms with Crippen LogP contribution in [-0.2, 0) is 0 Å². The summed E-state index contributed by atoms with van der Waals surface area (Å²) in [6.45, 7) is 0. The monoisotopic (exact) mass is 220 g/mol. The van der Waals surface area contributed by atoms with Crippen molar-refractivity contribution in [1.29, 1.82) is 0 Å². The third kappa shape index (κ3) is 3.36. The molecular weight excluding hydrogens is 211 g/mol. The molecule has 0 atom stereocenters. The Balaban J connectivity index is 0.00000112. The Morgan fingerprint density at radius 2 is 1.60 bits per heavy atom. The molecule has 0 saturated heterocycles. The SMILES string of the molecule is O=C(c1[c-]cccc1)c1ccccc1.[K+]. The maximum atomic E-state index is 11.8. The van der Waals surface area contributed by atoms with Crippen molar-refractivity contribution in [3.63, 3.8) is 0 Å². The molecule has 0 saturated carbocycles. The van der Waals surface area contributed by atoms with Gasteiger partial charge in [-0.25, -0.2) is 0 Å². The normalized spacial score (nSPS) is 9.07. The van der Waals surface area contributed by atoms with Crippen LogP contribution in [-0.4, -0.2) is 5.78 Å². The van der Waals surface area contributed by atoms with Crippen LogP contribution < -0.4 is 51.4 Å². The summed E-state index contributed by atoms with van der Waals surface area (Å²) < 4.78 is 0. The quantitative estimate of drug-likeness (QED) is 0.386. The molecule has 0 spiro atoms. The van der Waals surface area contributed by atoms with E-state index in [1.54, 1.807) is 12.1 Å². The minimum absolute atomic E-state index is 0. The Labute approximate surface area is 132 Å². The van der Waals surface area contributed by atoms with Gasteiger partial charge in [-0.1, -0.05) is 30.3 Å². The average Bonchev–Trinajstić information content (AvgIpc) is 2.30. The summed E-state index contributed by atoms with van der Waals surface area (Å²) >= 11 is 0. The molecule has 1 nitrogen and oxygen atoms in total. The fourth-order valence-electron chi connectivity index (χ4n) is 1.28. The molecule has 2 aromatic rings. The van der Waals surface area contributed by atoms with Gasteiger partial charge in [-0.2, -0.15) is 0 Å². The summed E-state index contributed by atoms with van der Waals surface area (Å²) in [4.78, 5) is 11.8. The molecule has 0 unspecified atom stereocenters. The van der Waals surface area contributed by atoms with E-state index in [2.05, 4.69) is 6.07 Å². The number of hydrogen-bond donors (Lipinski definition) is 0. The van der Waals surface area contributed by atoms with Crippen LogP contribution in [0.5, 0.6) is 0 Å². The number of hydrogen-bond acceptors (Lipinski definition) is 1. The van der Waals surface area contributed by atoms with Crippen molar-refractivity contribution in [3.05, 3.63) is 71.8 Å². The van der Waals surface area contributed by atoms with Crippen LogP contribution in [0.2, 0.25) is 0 Å². The number of carbonyl (C=O) groups excluding carboxylic acids is 1. The molecule has 2 rings (SSSR count). The Bertz CT molecular complexity index is 381. The first-order valence-corrected chi connectivity index (χ1v) is 4.44. The molecule has 2 heteroatoms. The molecule has 0 aromatic heterocycles. The zero-order valence-electron chi connectivity index (χ0n) is 8.60. The van der Waals surface area contributed by atoms with E-state index in [1.165, 1.54) is 0 Å². The van der Waals surface area contributed by atoms with Crippen LogP contribution in [0.1, 0.15) is 15.9 Å². The van der Waals surface area contributed by atoms with Crippen molar-refractivity contribution in [1.82, 2.24) is 0 Å². The van der Waals surface area contributed by atoms with Gasteiger partial charge in [-0.15, -0.1) is 35.9 Å². The van der Waals surface area contributed by atoms with Crippen LogP contribution in [0.4, 0.5) is 0 Å². The molecule has 0 radical (unpaired) electrons. The van der Waals surface area contributed by atoms with Gasteiger partial charge in [0.1, 0.15) is 5.78 Å². The molecule has 15 heavy (non-hydrogen) atoms. The third-order valence-electron chi connectivity index (χ3n) is 1.99. The minimum Gasteiger partial charge on any atom is -0.346 e. The third-order valence-corrected chi connectivity index (χ3v) is 1.99. The van der Waals surface area contributed by atoms with Gasteiger partial charge in [0, 0.05) is 0 Å². The maximum Gasteiger partial charge on any atom is 1.00 e. The Morgan fingerprint density at radius 1 is 0.933 bits per heavy atom. The minimum atomic E-state index is 0. The van der Waals surface area contributed by atoms with Gasteiger partial charge in [0.2, 0.25) is 0 Å². The first-order chi connectivity index (χ1) is 6.88. The zero-order valence-corrected chi connectivity index (χ0v) is 11.7. The van der Waals surface area contributed by atoms with E-state index in [0.717, 1.165) is 0 Å². The summed E-state index contributed by atoms with van der Waals surface area (Å²) in [5.74, 6) is 0.0196. The van der Waals surface area contributed by atoms with Crippen LogP contribution >= 0.6 is 0 Å². The van der Waals surface area contributed by atoms with Crippen molar-refractivity contribution in [3.8, 4) is 0 Å². The van der Waals surface area contributed by atoms with Crippen molar-refractivity contribution in [2.24, 2.45) is 0 Å². The summed E-state index contributed by atoms with van der Waals surface area (Å²) in [5, 5.41) is 0. The van der Waals surface area contributed by atoms with Gasteiger partial charge in [-0.3, -0.25) is 0 Å². The number of rotatable bonds is 2. The van der Waals surface area contributed by atoms with Gasteiger partial charge < -0.3 is 4.79 Å². The zero-order chi connectivity index (χ0) is 9.80. The van der Waals surface area contributed by atoms with Gasteiger partial charge in [0.05, 0.1) is 0 Å². The molecule has 2 aromatic carbocycles. The van der Waals surface area contributed by atoms with E-state index in [4.69, 9.17) is 0 Å². The van der Waals surface area contributed by atoms with Crippen LogP contribution in [0.15, 0.2) is 54.6 Å². The smallest absolute Gasteiger partial charge is 0.346 e. The molecule has 0 bridgehead atoms. The Morgan fingerprint density at radius 3 is 2.20 bits per heavy atom. The van der Waals surface area contributed by atoms with E-state index in [0.29, 0.717) is 11.1 Å². The summed E-state index contributed by atoms with van der Waals surface area (Å²) in [5.41, 5.74) is 1.31. The van der Waals surface area contributed by atoms with Crippen molar-refractivity contribution in [2.75, 3.05) is 0 Å². The first-order valence-electron chi connectivity index (χ1n) is 4.44. The topological polar surface area (TPSA) is 17.1 Å². The van der Waals surface area contributed by atoms with E-state index in [9.17, 15) is 4.79 Å². The largest absolute Gasteiger partial charge is 1.00 e. The molecule has 0 heterocycles. The van der Waals surface area contributed by atoms with E-state index in [1.807, 2.05) is 42.5 Å². The van der Waals surface area contributed by atoms with Crippen molar-refractivity contribution >= 4 is 5.78 Å². The average molecular weight is 220 g/mol. The van der Waals surface area contributed by atoms with Gasteiger partial charge in [0.15, 0.2) is 0 Å².